The summed E-state index contributed by atoms with van der Waals surface area (Å²) < 4.78 is 0.924. The largest absolute Gasteiger partial charge is 0.394 e. The highest BCUT2D eigenvalue weighted by Crippen LogP contribution is 2.20. The molecule has 3 nitrogen and oxygen atoms in total. The Labute approximate surface area is 119 Å². The van der Waals surface area contributed by atoms with Crippen molar-refractivity contribution >= 4 is 31.9 Å². The third-order valence-corrected chi connectivity index (χ3v) is 4.08. The molecular formula is C13H13BrN2OS. The van der Waals surface area contributed by atoms with Gasteiger partial charge in [0.15, 0.2) is 0 Å². The molecule has 3 rings (SSSR count). The van der Waals surface area contributed by atoms with E-state index in [-0.39, 0.29) is 0 Å². The molecule has 0 amide bonds. The van der Waals surface area contributed by atoms with Crippen LogP contribution in [0.3, 0.4) is 0 Å². The molecular weight excluding hydrogens is 312 g/mol. The van der Waals surface area contributed by atoms with Crippen LogP contribution in [0.15, 0.2) is 47.1 Å². The smallest absolute Gasteiger partial charge is 0.128 e. The van der Waals surface area contributed by atoms with Crippen LogP contribution in [0.5, 0.6) is 0 Å². The van der Waals surface area contributed by atoms with Gasteiger partial charge in [-0.1, -0.05) is 42.4 Å². The van der Waals surface area contributed by atoms with E-state index >= 15 is 0 Å². The average Bonchev–Trinajstić information content (AvgIpc) is 3.05. The first-order valence-corrected chi connectivity index (χ1v) is 7.25. The Morgan fingerprint density at radius 3 is 2.56 bits per heavy atom. The van der Waals surface area contributed by atoms with Crippen molar-refractivity contribution in [2.45, 2.75) is 6.92 Å². The number of oxime groups is 1. The van der Waals surface area contributed by atoms with Gasteiger partial charge in [0, 0.05) is 23.1 Å². The fourth-order valence-corrected chi connectivity index (χ4v) is 2.20. The molecule has 1 atom stereocenters. The molecule has 94 valence electrons. The van der Waals surface area contributed by atoms with Crippen molar-refractivity contribution in [3.63, 3.8) is 0 Å². The van der Waals surface area contributed by atoms with Crippen molar-refractivity contribution < 1.29 is 4.84 Å². The molecule has 0 saturated heterocycles. The zero-order chi connectivity index (χ0) is 12.8. The molecule has 0 bridgehead atoms. The number of hydrogen-bond donors (Lipinski definition) is 0. The highest BCUT2D eigenvalue weighted by molar-refractivity contribution is 9.18. The van der Waals surface area contributed by atoms with Gasteiger partial charge in [-0.2, -0.15) is 0 Å². The van der Waals surface area contributed by atoms with Gasteiger partial charge < -0.3 is 4.84 Å². The van der Waals surface area contributed by atoms with E-state index in [1.165, 1.54) is 5.56 Å². The predicted octanol–water partition coefficient (Wildman–Crippen LogP) is 4.17. The van der Waals surface area contributed by atoms with Crippen molar-refractivity contribution in [2.75, 3.05) is 6.61 Å². The van der Waals surface area contributed by atoms with Crippen LogP contribution in [0.2, 0.25) is 0 Å². The molecule has 1 aromatic heterocycles. The number of aromatic nitrogens is 1. The summed E-state index contributed by atoms with van der Waals surface area (Å²) in [5, 5.41) is 6.73. The normalized spacial score (nSPS) is 17.4. The number of thiazole rings is 1. The number of nitrogens with zero attached hydrogens (tertiary/aromatic N) is 2. The van der Waals surface area contributed by atoms with E-state index in [2.05, 4.69) is 45.1 Å². The first-order chi connectivity index (χ1) is 8.77. The third kappa shape index (κ3) is 3.65. The lowest BCUT2D eigenvalue weighted by atomic mass is 10.2. The number of rotatable bonds is 1. The van der Waals surface area contributed by atoms with Gasteiger partial charge >= 0.3 is 0 Å². The molecule has 0 saturated carbocycles. The highest BCUT2D eigenvalue weighted by atomic mass is 79.9. The van der Waals surface area contributed by atoms with Crippen LogP contribution in [0, 0.1) is 5.92 Å². The maximum absolute atomic E-state index is 4.71. The van der Waals surface area contributed by atoms with E-state index in [0.29, 0.717) is 5.92 Å². The lowest BCUT2D eigenvalue weighted by Crippen LogP contribution is -1.99. The van der Waals surface area contributed by atoms with E-state index in [4.69, 9.17) is 4.84 Å². The summed E-state index contributed by atoms with van der Waals surface area (Å²) in [6.45, 7) is 2.78. The van der Waals surface area contributed by atoms with Crippen LogP contribution in [0.1, 0.15) is 6.92 Å². The minimum absolute atomic E-state index is 0.458. The molecule has 0 aliphatic carbocycles. The molecule has 2 heterocycles. The molecule has 0 fully saturated rings. The maximum Gasteiger partial charge on any atom is 0.128 e. The zero-order valence-electron chi connectivity index (χ0n) is 9.91. The van der Waals surface area contributed by atoms with E-state index in [9.17, 15) is 0 Å². The minimum Gasteiger partial charge on any atom is -0.394 e. The topological polar surface area (TPSA) is 34.5 Å². The Morgan fingerprint density at radius 2 is 2.11 bits per heavy atom. The van der Waals surface area contributed by atoms with Crippen LogP contribution in [-0.2, 0) is 4.84 Å². The molecule has 0 radical (unpaired) electrons. The lowest BCUT2D eigenvalue weighted by molar-refractivity contribution is 0.158. The average molecular weight is 325 g/mol. The molecule has 0 spiro atoms. The summed E-state index contributed by atoms with van der Waals surface area (Å²) in [5.41, 5.74) is 1.20. The van der Waals surface area contributed by atoms with Crippen LogP contribution >= 0.6 is 27.3 Å². The number of halogens is 1. The van der Waals surface area contributed by atoms with E-state index in [0.717, 1.165) is 16.2 Å². The lowest BCUT2D eigenvalue weighted by Gasteiger charge is -1.91. The van der Waals surface area contributed by atoms with Crippen molar-refractivity contribution in [1.29, 1.82) is 0 Å². The Bertz CT molecular complexity index is 499. The molecule has 1 aliphatic heterocycles. The predicted molar refractivity (Wildman–Crippen MR) is 79.0 cm³/mol. The summed E-state index contributed by atoms with van der Waals surface area (Å²) >= 11 is 4.89. The van der Waals surface area contributed by atoms with Crippen LogP contribution in [0.25, 0.3) is 10.6 Å². The maximum atomic E-state index is 4.71. The molecule has 1 unspecified atom stereocenters. The van der Waals surface area contributed by atoms with Gasteiger partial charge in [0.05, 0.1) is 0 Å². The van der Waals surface area contributed by atoms with E-state index < -0.39 is 0 Å². The Morgan fingerprint density at radius 1 is 1.33 bits per heavy atom. The standard InChI is InChI=1S/C9H7NS.C4H6BrNO/c1-2-4-8(5-3-1)9-10-6-7-11-9;1-3-2-7-6-4(3)5/h1-7H;3H,2H2,1H3. The Hall–Kier alpha value is -1.20. The minimum atomic E-state index is 0.458. The highest BCUT2D eigenvalue weighted by Gasteiger charge is 2.13. The van der Waals surface area contributed by atoms with Crippen molar-refractivity contribution in [3.05, 3.63) is 41.9 Å². The molecule has 0 N–H and O–H groups in total. The Kier molecular flexibility index (Phi) is 4.90. The van der Waals surface area contributed by atoms with Gasteiger partial charge in [-0.15, -0.1) is 11.3 Å². The molecule has 1 aromatic carbocycles. The van der Waals surface area contributed by atoms with Crippen LogP contribution in [-0.4, -0.2) is 16.2 Å². The Balaban J connectivity index is 0.000000149. The second kappa shape index (κ2) is 6.66. The quantitative estimate of drug-likeness (QED) is 0.788. The fourth-order valence-electron chi connectivity index (χ4n) is 1.32. The van der Waals surface area contributed by atoms with Gasteiger partial charge in [0.2, 0.25) is 0 Å². The van der Waals surface area contributed by atoms with E-state index in [1.807, 2.05) is 29.8 Å². The molecule has 5 heteroatoms. The number of hydrogen-bond acceptors (Lipinski definition) is 4. The first kappa shape index (κ1) is 13.2. The third-order valence-electron chi connectivity index (χ3n) is 2.34. The van der Waals surface area contributed by atoms with Gasteiger partial charge in [-0.3, -0.25) is 0 Å². The fraction of sp³-hybridized carbons (Fsp3) is 0.231. The summed E-state index contributed by atoms with van der Waals surface area (Å²) in [6, 6.07) is 10.2. The van der Waals surface area contributed by atoms with Crippen LogP contribution < -0.4 is 0 Å². The SMILES string of the molecule is CC1CON=C1Br.c1ccc(-c2nccs2)cc1. The first-order valence-electron chi connectivity index (χ1n) is 5.57. The summed E-state index contributed by atoms with van der Waals surface area (Å²) in [5.74, 6) is 0.458. The van der Waals surface area contributed by atoms with Crippen molar-refractivity contribution in [2.24, 2.45) is 11.1 Å². The van der Waals surface area contributed by atoms with Crippen LogP contribution in [0.4, 0.5) is 0 Å². The van der Waals surface area contributed by atoms with Gasteiger partial charge in [-0.25, -0.2) is 4.98 Å². The molecule has 2 aromatic rings. The van der Waals surface area contributed by atoms with Gasteiger partial charge in [-0.05, 0) is 15.9 Å². The summed E-state index contributed by atoms with van der Waals surface area (Å²) in [7, 11) is 0. The number of benzene rings is 1. The monoisotopic (exact) mass is 324 g/mol. The molecule has 18 heavy (non-hydrogen) atoms. The van der Waals surface area contributed by atoms with Crippen molar-refractivity contribution in [1.82, 2.24) is 4.98 Å². The summed E-state index contributed by atoms with van der Waals surface area (Å²) in [6.07, 6.45) is 1.83. The van der Waals surface area contributed by atoms with Crippen molar-refractivity contribution in [3.8, 4) is 10.6 Å². The van der Waals surface area contributed by atoms with E-state index in [1.54, 1.807) is 11.3 Å². The second-order valence-corrected chi connectivity index (χ2v) is 5.52. The molecule has 1 aliphatic rings. The zero-order valence-corrected chi connectivity index (χ0v) is 12.3. The second-order valence-electron chi connectivity index (χ2n) is 3.81. The van der Waals surface area contributed by atoms with Gasteiger partial charge in [0.25, 0.3) is 0 Å². The summed E-state index contributed by atoms with van der Waals surface area (Å²) in [4.78, 5) is 8.92. The van der Waals surface area contributed by atoms with Gasteiger partial charge in [0.1, 0.15) is 16.2 Å².